The number of fused-ring (bicyclic) bond motifs is 1. The van der Waals surface area contributed by atoms with Crippen molar-refractivity contribution in [3.63, 3.8) is 0 Å². The maximum Gasteiger partial charge on any atom is 0.410 e. The molecule has 3 rings (SSSR count). The van der Waals surface area contributed by atoms with E-state index in [-0.39, 0.29) is 30.5 Å². The van der Waals surface area contributed by atoms with E-state index in [9.17, 15) is 9.59 Å². The van der Waals surface area contributed by atoms with Crippen molar-refractivity contribution in [1.82, 2.24) is 20.2 Å². The molecule has 8 heteroatoms. The van der Waals surface area contributed by atoms with Crippen LogP contribution >= 0.6 is 11.6 Å². The van der Waals surface area contributed by atoms with Crippen molar-refractivity contribution >= 4 is 23.6 Å². The second kappa shape index (κ2) is 6.55. The Hall–Kier alpha value is -1.89. The smallest absolute Gasteiger partial charge is 0.410 e. The van der Waals surface area contributed by atoms with E-state index >= 15 is 0 Å². The molecule has 7 nitrogen and oxygen atoms in total. The predicted molar refractivity (Wildman–Crippen MR) is 87.3 cm³/mol. The van der Waals surface area contributed by atoms with Crippen LogP contribution in [0.4, 0.5) is 4.79 Å². The lowest BCUT2D eigenvalue weighted by molar-refractivity contribution is -0.129. The average Bonchev–Trinajstić information content (AvgIpc) is 2.52. The Bertz CT molecular complexity index is 652. The van der Waals surface area contributed by atoms with Crippen LogP contribution in [0.15, 0.2) is 12.4 Å². The normalized spacial score (nSPS) is 25.6. The summed E-state index contributed by atoms with van der Waals surface area (Å²) in [6.07, 6.45) is 4.79. The summed E-state index contributed by atoms with van der Waals surface area (Å²) in [6, 6.07) is 0.0471. The zero-order valence-corrected chi connectivity index (χ0v) is 14.5. The van der Waals surface area contributed by atoms with Gasteiger partial charge >= 0.3 is 6.09 Å². The zero-order valence-electron chi connectivity index (χ0n) is 13.8. The lowest BCUT2D eigenvalue weighted by Gasteiger charge is -2.46. The second-order valence-corrected chi connectivity index (χ2v) is 7.27. The van der Waals surface area contributed by atoms with Crippen LogP contribution in [0.2, 0.25) is 5.15 Å². The number of nitrogens with zero attached hydrogens (tertiary/aromatic N) is 3. The SMILES string of the molecule is CC1(C)CC2CC(C(=O)NCc3nccnc3Cl)CCN2C(=O)O1. The predicted octanol–water partition coefficient (Wildman–Crippen LogP) is 2.15. The van der Waals surface area contributed by atoms with Crippen LogP contribution in [0, 0.1) is 5.92 Å². The molecule has 0 saturated carbocycles. The number of nitrogens with one attached hydrogen (secondary N) is 1. The number of aromatic nitrogens is 2. The molecule has 0 aromatic carbocycles. The van der Waals surface area contributed by atoms with E-state index in [1.807, 2.05) is 13.8 Å². The Labute approximate surface area is 145 Å². The number of carbonyl (C=O) groups excluding carboxylic acids is 2. The second-order valence-electron chi connectivity index (χ2n) is 6.91. The molecule has 2 unspecified atom stereocenters. The molecule has 0 bridgehead atoms. The molecule has 1 aromatic rings. The molecule has 2 fully saturated rings. The Morgan fingerprint density at radius 3 is 2.96 bits per heavy atom. The summed E-state index contributed by atoms with van der Waals surface area (Å²) < 4.78 is 5.41. The van der Waals surface area contributed by atoms with E-state index in [1.54, 1.807) is 11.1 Å². The molecule has 1 aromatic heterocycles. The van der Waals surface area contributed by atoms with Crippen molar-refractivity contribution in [3.8, 4) is 0 Å². The third-order valence-corrected chi connectivity index (χ3v) is 4.88. The molecule has 2 aliphatic heterocycles. The third kappa shape index (κ3) is 3.61. The summed E-state index contributed by atoms with van der Waals surface area (Å²) in [5, 5.41) is 3.17. The van der Waals surface area contributed by atoms with Crippen LogP contribution < -0.4 is 5.32 Å². The van der Waals surface area contributed by atoms with Crippen molar-refractivity contribution < 1.29 is 14.3 Å². The van der Waals surface area contributed by atoms with Crippen LogP contribution in [-0.4, -0.2) is 45.1 Å². The summed E-state index contributed by atoms with van der Waals surface area (Å²) in [7, 11) is 0. The number of hydrogen-bond acceptors (Lipinski definition) is 5. The molecule has 24 heavy (non-hydrogen) atoms. The summed E-state index contributed by atoms with van der Waals surface area (Å²) in [6.45, 7) is 4.61. The van der Waals surface area contributed by atoms with Gasteiger partial charge in [0.2, 0.25) is 5.91 Å². The van der Waals surface area contributed by atoms with Crippen LogP contribution in [0.25, 0.3) is 0 Å². The maximum absolute atomic E-state index is 12.5. The molecule has 0 aliphatic carbocycles. The van der Waals surface area contributed by atoms with Gasteiger partial charge in [0, 0.05) is 37.3 Å². The third-order valence-electron chi connectivity index (χ3n) is 4.57. The minimum absolute atomic E-state index is 0.0342. The highest BCUT2D eigenvalue weighted by atomic mass is 35.5. The number of amides is 2. The minimum atomic E-state index is -0.482. The average molecular weight is 353 g/mol. The number of hydrogen-bond donors (Lipinski definition) is 1. The van der Waals surface area contributed by atoms with Crippen molar-refractivity contribution in [2.45, 2.75) is 51.3 Å². The zero-order chi connectivity index (χ0) is 17.3. The van der Waals surface area contributed by atoms with Crippen molar-refractivity contribution in [2.75, 3.05) is 6.54 Å². The first-order valence-electron chi connectivity index (χ1n) is 8.08. The molecule has 130 valence electrons. The largest absolute Gasteiger partial charge is 0.443 e. The van der Waals surface area contributed by atoms with E-state index in [0.29, 0.717) is 30.2 Å². The molecule has 2 saturated heterocycles. The van der Waals surface area contributed by atoms with Gasteiger partial charge in [-0.1, -0.05) is 11.6 Å². The van der Waals surface area contributed by atoms with Crippen LogP contribution in [0.5, 0.6) is 0 Å². The van der Waals surface area contributed by atoms with Gasteiger partial charge in [0.05, 0.1) is 12.2 Å². The van der Waals surface area contributed by atoms with Gasteiger partial charge in [-0.15, -0.1) is 0 Å². The fraction of sp³-hybridized carbons (Fsp3) is 0.625. The van der Waals surface area contributed by atoms with Gasteiger partial charge in [0.1, 0.15) is 5.60 Å². The monoisotopic (exact) mass is 352 g/mol. The van der Waals surface area contributed by atoms with Gasteiger partial charge < -0.3 is 15.0 Å². The highest BCUT2D eigenvalue weighted by molar-refractivity contribution is 6.29. The van der Waals surface area contributed by atoms with Crippen molar-refractivity contribution in [1.29, 1.82) is 0 Å². The molecule has 0 spiro atoms. The molecule has 0 radical (unpaired) electrons. The van der Waals surface area contributed by atoms with Gasteiger partial charge in [-0.05, 0) is 26.7 Å². The lowest BCUT2D eigenvalue weighted by atomic mass is 9.84. The maximum atomic E-state index is 12.5. The number of ether oxygens (including phenoxy) is 1. The number of halogens is 1. The number of cyclic esters (lactones) is 1. The minimum Gasteiger partial charge on any atom is -0.443 e. The van der Waals surface area contributed by atoms with E-state index in [2.05, 4.69) is 15.3 Å². The molecule has 2 aliphatic rings. The van der Waals surface area contributed by atoms with Gasteiger partial charge in [-0.3, -0.25) is 9.78 Å². The van der Waals surface area contributed by atoms with Crippen molar-refractivity contribution in [2.24, 2.45) is 5.92 Å². The molecule has 2 atom stereocenters. The Morgan fingerprint density at radius 2 is 2.21 bits per heavy atom. The summed E-state index contributed by atoms with van der Waals surface area (Å²) in [4.78, 5) is 34.3. The van der Waals surface area contributed by atoms with Crippen molar-refractivity contribution in [3.05, 3.63) is 23.2 Å². The number of carbonyl (C=O) groups is 2. The Morgan fingerprint density at radius 1 is 1.46 bits per heavy atom. The van der Waals surface area contributed by atoms with E-state index in [1.165, 1.54) is 6.20 Å². The highest BCUT2D eigenvalue weighted by Crippen LogP contribution is 2.35. The Balaban J connectivity index is 1.59. The van der Waals surface area contributed by atoms with E-state index < -0.39 is 5.60 Å². The van der Waals surface area contributed by atoms with Crippen LogP contribution in [0.3, 0.4) is 0 Å². The van der Waals surface area contributed by atoms with Gasteiger partial charge in [0.15, 0.2) is 5.15 Å². The molecule has 2 amide bonds. The summed E-state index contributed by atoms with van der Waals surface area (Å²) >= 11 is 5.95. The lowest BCUT2D eigenvalue weighted by Crippen LogP contribution is -2.56. The van der Waals surface area contributed by atoms with E-state index in [4.69, 9.17) is 16.3 Å². The molecule has 1 N–H and O–H groups in total. The van der Waals surface area contributed by atoms with Gasteiger partial charge in [0.25, 0.3) is 0 Å². The fourth-order valence-electron chi connectivity index (χ4n) is 3.41. The Kier molecular flexibility index (Phi) is 4.62. The summed E-state index contributed by atoms with van der Waals surface area (Å²) in [5.74, 6) is -0.156. The number of rotatable bonds is 3. The van der Waals surface area contributed by atoms with Gasteiger partial charge in [-0.2, -0.15) is 0 Å². The van der Waals surface area contributed by atoms with Crippen LogP contribution in [-0.2, 0) is 16.1 Å². The van der Waals surface area contributed by atoms with Crippen LogP contribution in [0.1, 0.15) is 38.8 Å². The topological polar surface area (TPSA) is 84.4 Å². The number of piperidine rings is 1. The first-order chi connectivity index (χ1) is 11.4. The first-order valence-corrected chi connectivity index (χ1v) is 8.46. The first kappa shape index (κ1) is 17.0. The standard InChI is InChI=1S/C16H21ClN4O3/c1-16(2)8-11-7-10(3-6-21(11)15(23)24-16)14(22)20-9-12-13(17)19-5-4-18-12/h4-5,10-11H,3,6-9H2,1-2H3,(H,20,22). The quantitative estimate of drug-likeness (QED) is 0.901. The highest BCUT2D eigenvalue weighted by Gasteiger charge is 2.44. The molecular weight excluding hydrogens is 332 g/mol. The molecular formula is C16H21ClN4O3. The van der Waals surface area contributed by atoms with Gasteiger partial charge in [-0.25, -0.2) is 9.78 Å². The summed E-state index contributed by atoms with van der Waals surface area (Å²) in [5.41, 5.74) is 0.0661. The fourth-order valence-corrected chi connectivity index (χ4v) is 3.58. The molecule has 3 heterocycles. The van der Waals surface area contributed by atoms with E-state index in [0.717, 1.165) is 6.42 Å².